The van der Waals surface area contributed by atoms with Crippen molar-refractivity contribution in [3.63, 3.8) is 0 Å². The Labute approximate surface area is 192 Å². The summed E-state index contributed by atoms with van der Waals surface area (Å²) < 4.78 is 51.8. The van der Waals surface area contributed by atoms with Crippen molar-refractivity contribution in [2.45, 2.75) is 56.3 Å². The Morgan fingerprint density at radius 3 is 2.82 bits per heavy atom. The molecule has 1 aliphatic carbocycles. The van der Waals surface area contributed by atoms with Crippen LogP contribution in [-0.4, -0.2) is 41.1 Å². The van der Waals surface area contributed by atoms with Gasteiger partial charge in [-0.3, -0.25) is 9.53 Å². The predicted octanol–water partition coefficient (Wildman–Crippen LogP) is 4.51. The summed E-state index contributed by atoms with van der Waals surface area (Å²) in [6.45, 7) is 4.14. The van der Waals surface area contributed by atoms with E-state index in [2.05, 4.69) is 21.6 Å². The monoisotopic (exact) mass is 486 g/mol. The van der Waals surface area contributed by atoms with Crippen molar-refractivity contribution in [1.82, 2.24) is 10.3 Å². The molecule has 33 heavy (non-hydrogen) atoms. The Morgan fingerprint density at radius 2 is 2.09 bits per heavy atom. The maximum absolute atomic E-state index is 12.5. The molecule has 2 aromatic rings. The number of hydrogen-bond acceptors (Lipinski definition) is 6. The summed E-state index contributed by atoms with van der Waals surface area (Å²) in [4.78, 5) is 16.8. The Morgan fingerprint density at radius 1 is 1.33 bits per heavy atom. The molecule has 1 aromatic carbocycles. The van der Waals surface area contributed by atoms with Gasteiger partial charge in [-0.25, -0.2) is 4.98 Å². The molecule has 0 spiro atoms. The molecule has 0 bridgehead atoms. The van der Waals surface area contributed by atoms with Gasteiger partial charge in [-0.05, 0) is 37.5 Å². The van der Waals surface area contributed by atoms with E-state index in [9.17, 15) is 23.1 Å². The minimum absolute atomic E-state index is 0.101. The number of benzene rings is 1. The molecule has 2 heterocycles. The molecule has 2 atom stereocenters. The van der Waals surface area contributed by atoms with Crippen LogP contribution in [0.25, 0.3) is 5.57 Å². The van der Waals surface area contributed by atoms with Crippen molar-refractivity contribution < 1.29 is 37.0 Å². The van der Waals surface area contributed by atoms with Crippen LogP contribution < -0.4 is 10.1 Å². The van der Waals surface area contributed by atoms with Crippen molar-refractivity contribution in [2.75, 3.05) is 6.54 Å². The highest BCUT2D eigenvalue weighted by molar-refractivity contribution is 6.30. The smallest absolute Gasteiger partial charge is 0.480 e. The Hall–Kier alpha value is -2.56. The largest absolute Gasteiger partial charge is 0.522 e. The fourth-order valence-corrected chi connectivity index (χ4v) is 4.05. The SMILES string of the molecule is C=C(CCNC(=O)C1CC(O)c2cc(Cl)ccc2O1)c1nc(C2CC(OC(F)(F)F)C2)co1. The summed E-state index contributed by atoms with van der Waals surface area (Å²) in [6.07, 6.45) is -4.92. The molecule has 178 valence electrons. The van der Waals surface area contributed by atoms with E-state index in [4.69, 9.17) is 20.8 Å². The lowest BCUT2D eigenvalue weighted by molar-refractivity contribution is -0.351. The summed E-state index contributed by atoms with van der Waals surface area (Å²) in [5.41, 5.74) is 1.64. The molecular formula is C22H22ClF3N2O5. The van der Waals surface area contributed by atoms with Gasteiger partial charge in [0.2, 0.25) is 5.89 Å². The third-order valence-corrected chi connectivity index (χ3v) is 5.93. The second-order valence-corrected chi connectivity index (χ2v) is 8.55. The summed E-state index contributed by atoms with van der Waals surface area (Å²) in [6, 6.07) is 4.84. The Balaban J connectivity index is 1.22. The highest BCUT2D eigenvalue weighted by Gasteiger charge is 2.41. The average Bonchev–Trinajstić information content (AvgIpc) is 3.19. The number of alkyl halides is 3. The third-order valence-electron chi connectivity index (χ3n) is 5.69. The van der Waals surface area contributed by atoms with Crippen LogP contribution in [0, 0.1) is 0 Å². The first kappa shape index (κ1) is 23.6. The zero-order valence-electron chi connectivity index (χ0n) is 17.4. The lowest BCUT2D eigenvalue weighted by atomic mass is 9.80. The fraction of sp³-hybridized carbons (Fsp3) is 0.455. The van der Waals surface area contributed by atoms with Gasteiger partial charge in [0.25, 0.3) is 5.91 Å². The molecule has 0 saturated heterocycles. The quantitative estimate of drug-likeness (QED) is 0.598. The van der Waals surface area contributed by atoms with Crippen LogP contribution in [0.3, 0.4) is 0 Å². The zero-order valence-corrected chi connectivity index (χ0v) is 18.2. The first-order chi connectivity index (χ1) is 15.6. The van der Waals surface area contributed by atoms with Crippen molar-refractivity contribution in [3.05, 3.63) is 53.2 Å². The van der Waals surface area contributed by atoms with Crippen molar-refractivity contribution in [2.24, 2.45) is 0 Å². The van der Waals surface area contributed by atoms with E-state index in [0.717, 1.165) is 0 Å². The fourth-order valence-electron chi connectivity index (χ4n) is 3.86. The molecule has 2 N–H and O–H groups in total. The number of oxazole rings is 1. The highest BCUT2D eigenvalue weighted by Crippen LogP contribution is 2.41. The number of rotatable bonds is 7. The maximum Gasteiger partial charge on any atom is 0.522 e. The van der Waals surface area contributed by atoms with Crippen LogP contribution in [-0.2, 0) is 9.53 Å². The molecule has 1 fully saturated rings. The molecule has 4 rings (SSSR count). The van der Waals surface area contributed by atoms with Gasteiger partial charge in [0.1, 0.15) is 12.0 Å². The number of carbonyl (C=O) groups is 1. The summed E-state index contributed by atoms with van der Waals surface area (Å²) in [5, 5.41) is 13.5. The number of aliphatic hydroxyl groups is 1. The molecule has 1 aliphatic heterocycles. The number of carbonyl (C=O) groups excluding carboxylic acids is 1. The van der Waals surface area contributed by atoms with Crippen LogP contribution in [0.2, 0.25) is 5.02 Å². The third kappa shape index (κ3) is 5.69. The van der Waals surface area contributed by atoms with E-state index in [1.165, 1.54) is 6.26 Å². The Bertz CT molecular complexity index is 1040. The first-order valence-corrected chi connectivity index (χ1v) is 10.8. The average molecular weight is 487 g/mol. The lowest BCUT2D eigenvalue weighted by Gasteiger charge is -2.33. The van der Waals surface area contributed by atoms with Gasteiger partial charge >= 0.3 is 6.36 Å². The second kappa shape index (κ2) is 9.36. The number of nitrogens with one attached hydrogen (secondary N) is 1. The lowest BCUT2D eigenvalue weighted by Crippen LogP contribution is -2.41. The van der Waals surface area contributed by atoms with E-state index in [-0.39, 0.29) is 43.5 Å². The molecule has 2 unspecified atom stereocenters. The van der Waals surface area contributed by atoms with Gasteiger partial charge in [-0.15, -0.1) is 13.2 Å². The van der Waals surface area contributed by atoms with Gasteiger partial charge in [0.15, 0.2) is 6.10 Å². The Kier molecular flexibility index (Phi) is 6.69. The molecule has 0 radical (unpaired) electrons. The number of halogens is 4. The van der Waals surface area contributed by atoms with E-state index in [1.54, 1.807) is 18.2 Å². The molecule has 1 saturated carbocycles. The number of aromatic nitrogens is 1. The summed E-state index contributed by atoms with van der Waals surface area (Å²) in [7, 11) is 0. The highest BCUT2D eigenvalue weighted by atomic mass is 35.5. The minimum Gasteiger partial charge on any atom is -0.480 e. The first-order valence-electron chi connectivity index (χ1n) is 10.4. The van der Waals surface area contributed by atoms with Gasteiger partial charge in [0, 0.05) is 35.0 Å². The normalized spacial score (nSPS) is 24.4. The van der Waals surface area contributed by atoms with Crippen LogP contribution in [0.1, 0.15) is 54.9 Å². The number of amides is 1. The molecule has 7 nitrogen and oxygen atoms in total. The van der Waals surface area contributed by atoms with Crippen molar-refractivity contribution >= 4 is 23.1 Å². The number of ether oxygens (including phenoxy) is 2. The number of fused-ring (bicyclic) bond motifs is 1. The van der Waals surface area contributed by atoms with Gasteiger partial charge in [-0.2, -0.15) is 0 Å². The second-order valence-electron chi connectivity index (χ2n) is 8.12. The van der Waals surface area contributed by atoms with Crippen molar-refractivity contribution in [1.29, 1.82) is 0 Å². The van der Waals surface area contributed by atoms with Gasteiger partial charge in [0.05, 0.1) is 17.9 Å². The van der Waals surface area contributed by atoms with E-state index in [1.807, 2.05) is 0 Å². The van der Waals surface area contributed by atoms with Gasteiger partial charge in [-0.1, -0.05) is 18.2 Å². The van der Waals surface area contributed by atoms with Gasteiger partial charge < -0.3 is 19.6 Å². The number of hydrogen-bond donors (Lipinski definition) is 2. The molecular weight excluding hydrogens is 465 g/mol. The maximum atomic E-state index is 12.5. The van der Waals surface area contributed by atoms with Crippen LogP contribution >= 0.6 is 11.6 Å². The number of aliphatic hydroxyl groups excluding tert-OH is 1. The summed E-state index contributed by atoms with van der Waals surface area (Å²) >= 11 is 5.94. The standard InChI is InChI=1S/C22H22ClF3N2O5/c1-11(21-28-16(10-31-21)12-6-14(7-12)33-22(24,25)26)4-5-27-20(30)19-9-17(29)15-8-13(23)2-3-18(15)32-19/h2-3,8,10,12,14,17,19,29H,1,4-7,9H2,(H,27,30). The predicted molar refractivity (Wildman–Crippen MR) is 112 cm³/mol. The van der Waals surface area contributed by atoms with E-state index in [0.29, 0.717) is 34.0 Å². The van der Waals surface area contributed by atoms with Crippen LogP contribution in [0.4, 0.5) is 13.2 Å². The minimum atomic E-state index is -4.64. The number of nitrogens with zero attached hydrogens (tertiary/aromatic N) is 1. The van der Waals surface area contributed by atoms with E-state index < -0.39 is 24.7 Å². The summed E-state index contributed by atoms with van der Waals surface area (Å²) in [5.74, 6) is 0.152. The molecule has 11 heteroatoms. The zero-order chi connectivity index (χ0) is 23.8. The van der Waals surface area contributed by atoms with Crippen molar-refractivity contribution in [3.8, 4) is 5.75 Å². The van der Waals surface area contributed by atoms with Crippen LogP contribution in [0.5, 0.6) is 5.75 Å². The molecule has 1 amide bonds. The molecule has 1 aromatic heterocycles. The van der Waals surface area contributed by atoms with Crippen LogP contribution in [0.15, 0.2) is 35.5 Å². The topological polar surface area (TPSA) is 93.8 Å². The molecule has 2 aliphatic rings. The van der Waals surface area contributed by atoms with E-state index >= 15 is 0 Å².